The highest BCUT2D eigenvalue weighted by molar-refractivity contribution is 5.83. The highest BCUT2D eigenvalue weighted by Gasteiger charge is 2.21. The molecule has 0 saturated heterocycles. The van der Waals surface area contributed by atoms with Gasteiger partial charge in [0.15, 0.2) is 0 Å². The number of hydrogen-bond acceptors (Lipinski definition) is 6. The molecular formula is C10H14N4O5. The summed E-state index contributed by atoms with van der Waals surface area (Å²) < 4.78 is 5.66. The van der Waals surface area contributed by atoms with Gasteiger partial charge in [0.25, 0.3) is 0 Å². The van der Waals surface area contributed by atoms with Crippen LogP contribution in [0.5, 0.6) is 0 Å². The van der Waals surface area contributed by atoms with Crippen LogP contribution in [0.25, 0.3) is 0 Å². The molecule has 0 aromatic carbocycles. The van der Waals surface area contributed by atoms with Gasteiger partial charge in [-0.1, -0.05) is 5.21 Å². The molecule has 2 N–H and O–H groups in total. The Bertz CT molecular complexity index is 445. The lowest BCUT2D eigenvalue weighted by Crippen LogP contribution is -2.42. The predicted molar refractivity (Wildman–Crippen MR) is 60.8 cm³/mol. The number of ether oxygens (including phenoxy) is 1. The van der Waals surface area contributed by atoms with Crippen molar-refractivity contribution in [1.29, 1.82) is 0 Å². The predicted octanol–water partition coefficient (Wildman–Crippen LogP) is -1.20. The zero-order valence-electron chi connectivity index (χ0n) is 10.3. The van der Waals surface area contributed by atoms with E-state index < -0.39 is 23.9 Å². The van der Waals surface area contributed by atoms with E-state index >= 15 is 0 Å². The van der Waals surface area contributed by atoms with Crippen molar-refractivity contribution in [1.82, 2.24) is 20.3 Å². The lowest BCUT2D eigenvalue weighted by molar-refractivity contribution is -0.144. The fraction of sp³-hybridized carbons (Fsp3) is 0.500. The molecule has 0 radical (unpaired) electrons. The minimum Gasteiger partial charge on any atom is -0.480 e. The van der Waals surface area contributed by atoms with Gasteiger partial charge in [0, 0.05) is 12.6 Å². The van der Waals surface area contributed by atoms with Gasteiger partial charge in [0.1, 0.15) is 12.6 Å². The molecule has 1 unspecified atom stereocenters. The molecule has 0 aliphatic rings. The number of aliphatic carboxylic acids is 1. The Morgan fingerprint density at radius 3 is 2.74 bits per heavy atom. The van der Waals surface area contributed by atoms with Gasteiger partial charge in [-0.05, 0) is 6.42 Å². The van der Waals surface area contributed by atoms with Crippen LogP contribution in [0, 0.1) is 0 Å². The van der Waals surface area contributed by atoms with E-state index in [0.717, 1.165) is 0 Å². The highest BCUT2D eigenvalue weighted by atomic mass is 16.5. The molecule has 104 valence electrons. The number of nitrogens with zero attached hydrogens (tertiary/aromatic N) is 3. The Labute approximate surface area is 108 Å². The summed E-state index contributed by atoms with van der Waals surface area (Å²) in [6.45, 7) is -0.137. The van der Waals surface area contributed by atoms with Crippen molar-refractivity contribution >= 4 is 17.8 Å². The average molecular weight is 270 g/mol. The second-order valence-electron chi connectivity index (χ2n) is 3.67. The van der Waals surface area contributed by atoms with Gasteiger partial charge in [-0.25, -0.2) is 9.48 Å². The van der Waals surface area contributed by atoms with Crippen LogP contribution < -0.4 is 5.32 Å². The van der Waals surface area contributed by atoms with Crippen molar-refractivity contribution in [3.63, 3.8) is 0 Å². The molecule has 0 spiro atoms. The molecule has 1 amide bonds. The zero-order chi connectivity index (χ0) is 14.3. The van der Waals surface area contributed by atoms with E-state index in [4.69, 9.17) is 5.11 Å². The van der Waals surface area contributed by atoms with Crippen LogP contribution in [-0.2, 0) is 25.7 Å². The standard InChI is InChI=1S/C10H14N4O5/c1-19-9(16)3-2-7(10(17)18)12-8(15)6-14-5-4-11-13-14/h4-5,7H,2-3,6H2,1H3,(H,12,15)(H,17,18). The third-order valence-electron chi connectivity index (χ3n) is 2.28. The van der Waals surface area contributed by atoms with Crippen molar-refractivity contribution in [3.8, 4) is 0 Å². The Hall–Kier alpha value is -2.45. The summed E-state index contributed by atoms with van der Waals surface area (Å²) >= 11 is 0. The first-order valence-corrected chi connectivity index (χ1v) is 5.46. The van der Waals surface area contributed by atoms with Crippen LogP contribution in [0.15, 0.2) is 12.4 Å². The van der Waals surface area contributed by atoms with E-state index in [1.807, 2.05) is 0 Å². The molecule has 1 rings (SSSR count). The molecule has 0 fully saturated rings. The summed E-state index contributed by atoms with van der Waals surface area (Å²) in [5.41, 5.74) is 0. The van der Waals surface area contributed by atoms with Crippen LogP contribution >= 0.6 is 0 Å². The van der Waals surface area contributed by atoms with E-state index in [9.17, 15) is 14.4 Å². The van der Waals surface area contributed by atoms with Gasteiger partial charge >= 0.3 is 11.9 Å². The van der Waals surface area contributed by atoms with Crippen molar-refractivity contribution in [2.24, 2.45) is 0 Å². The fourth-order valence-electron chi connectivity index (χ4n) is 1.33. The number of esters is 1. The first-order chi connectivity index (χ1) is 9.02. The minimum atomic E-state index is -1.21. The Balaban J connectivity index is 2.46. The van der Waals surface area contributed by atoms with Gasteiger partial charge in [0.2, 0.25) is 5.91 Å². The molecular weight excluding hydrogens is 256 g/mol. The zero-order valence-corrected chi connectivity index (χ0v) is 10.3. The number of nitrogens with one attached hydrogen (secondary N) is 1. The van der Waals surface area contributed by atoms with Gasteiger partial charge in [-0.15, -0.1) is 5.10 Å². The number of carbonyl (C=O) groups excluding carboxylic acids is 2. The molecule has 1 aromatic rings. The van der Waals surface area contributed by atoms with Crippen LogP contribution in [0.2, 0.25) is 0 Å². The van der Waals surface area contributed by atoms with Crippen LogP contribution in [0.4, 0.5) is 0 Å². The van der Waals surface area contributed by atoms with Gasteiger partial charge in [-0.2, -0.15) is 0 Å². The van der Waals surface area contributed by atoms with Crippen molar-refractivity contribution in [3.05, 3.63) is 12.4 Å². The van der Waals surface area contributed by atoms with Gasteiger partial charge in [-0.3, -0.25) is 9.59 Å². The fourth-order valence-corrected chi connectivity index (χ4v) is 1.33. The van der Waals surface area contributed by atoms with Crippen molar-refractivity contribution < 1.29 is 24.2 Å². The maximum absolute atomic E-state index is 11.6. The molecule has 0 aliphatic carbocycles. The largest absolute Gasteiger partial charge is 0.480 e. The SMILES string of the molecule is COC(=O)CCC(NC(=O)Cn1ccnn1)C(=O)O. The van der Waals surface area contributed by atoms with Crippen LogP contribution in [-0.4, -0.2) is 51.1 Å². The van der Waals surface area contributed by atoms with E-state index in [1.165, 1.54) is 24.2 Å². The summed E-state index contributed by atoms with van der Waals surface area (Å²) in [6, 6.07) is -1.14. The summed E-state index contributed by atoms with van der Waals surface area (Å²) in [7, 11) is 1.21. The Morgan fingerprint density at radius 2 is 2.21 bits per heavy atom. The molecule has 19 heavy (non-hydrogen) atoms. The topological polar surface area (TPSA) is 123 Å². The van der Waals surface area contributed by atoms with E-state index in [1.54, 1.807) is 0 Å². The Morgan fingerprint density at radius 1 is 1.47 bits per heavy atom. The Kier molecular flexibility index (Phi) is 5.45. The van der Waals surface area contributed by atoms with Gasteiger partial charge in [0.05, 0.1) is 13.3 Å². The molecule has 0 aliphatic heterocycles. The quantitative estimate of drug-likeness (QED) is 0.596. The monoisotopic (exact) mass is 270 g/mol. The maximum atomic E-state index is 11.6. The molecule has 0 saturated carbocycles. The van der Waals surface area contributed by atoms with Crippen molar-refractivity contribution in [2.75, 3.05) is 7.11 Å². The number of rotatable bonds is 7. The number of aromatic nitrogens is 3. The van der Waals surface area contributed by atoms with E-state index in [0.29, 0.717) is 0 Å². The number of carboxylic acid groups (broad SMARTS) is 1. The second-order valence-corrected chi connectivity index (χ2v) is 3.67. The van der Waals surface area contributed by atoms with E-state index in [-0.39, 0.29) is 19.4 Å². The molecule has 0 bridgehead atoms. The van der Waals surface area contributed by atoms with Crippen molar-refractivity contribution in [2.45, 2.75) is 25.4 Å². The summed E-state index contributed by atoms with van der Waals surface area (Å²) in [4.78, 5) is 33.4. The highest BCUT2D eigenvalue weighted by Crippen LogP contribution is 2.00. The first kappa shape index (κ1) is 14.6. The normalized spacial score (nSPS) is 11.6. The summed E-state index contributed by atoms with van der Waals surface area (Å²) in [6.07, 6.45) is 2.76. The third-order valence-corrected chi connectivity index (χ3v) is 2.28. The smallest absolute Gasteiger partial charge is 0.326 e. The number of amides is 1. The summed E-state index contributed by atoms with van der Waals surface area (Å²) in [5, 5.41) is 18.3. The molecule has 1 heterocycles. The minimum absolute atomic E-state index is 0.0366. The third kappa shape index (κ3) is 5.15. The lowest BCUT2D eigenvalue weighted by Gasteiger charge is -2.13. The van der Waals surface area contributed by atoms with Crippen LogP contribution in [0.3, 0.4) is 0 Å². The number of hydrogen-bond donors (Lipinski definition) is 2. The number of carbonyl (C=O) groups is 3. The van der Waals surface area contributed by atoms with E-state index in [2.05, 4.69) is 20.4 Å². The summed E-state index contributed by atoms with van der Waals surface area (Å²) in [5.74, 6) is -2.27. The second kappa shape index (κ2) is 7.09. The molecule has 1 aromatic heterocycles. The molecule has 9 heteroatoms. The lowest BCUT2D eigenvalue weighted by atomic mass is 10.1. The molecule has 1 atom stereocenters. The number of carboxylic acids is 1. The van der Waals surface area contributed by atoms with Crippen LogP contribution in [0.1, 0.15) is 12.8 Å². The average Bonchev–Trinajstić information content (AvgIpc) is 2.86. The first-order valence-electron chi connectivity index (χ1n) is 5.46. The van der Waals surface area contributed by atoms with Gasteiger partial charge < -0.3 is 15.2 Å². The molecule has 9 nitrogen and oxygen atoms in total. The number of methoxy groups -OCH3 is 1. The maximum Gasteiger partial charge on any atom is 0.326 e.